The van der Waals surface area contributed by atoms with Crippen LogP contribution in [0.15, 0.2) is 24.3 Å². The Hall–Kier alpha value is -0.422. The topological polar surface area (TPSA) is 20.2 Å². The summed E-state index contributed by atoms with van der Waals surface area (Å²) < 4.78 is 0.555. The van der Waals surface area contributed by atoms with E-state index in [-0.39, 0.29) is 0 Å². The van der Waals surface area contributed by atoms with E-state index in [0.29, 0.717) is 10.5 Å². The molecule has 0 saturated heterocycles. The summed E-state index contributed by atoms with van der Waals surface area (Å²) >= 11 is 1.67. The van der Waals surface area contributed by atoms with Crippen molar-refractivity contribution in [2.75, 3.05) is 0 Å². The Bertz CT molecular complexity index is 220. The molecule has 0 bridgehead atoms. The van der Waals surface area contributed by atoms with Crippen LogP contribution in [-0.4, -0.2) is 22.0 Å². The molecule has 0 fully saturated rings. The first-order chi connectivity index (χ1) is 4.70. The molecule has 1 unspecified atom stereocenters. The summed E-state index contributed by atoms with van der Waals surface area (Å²) in [6.07, 6.45) is 0. The second-order valence-corrected chi connectivity index (χ2v) is 4.48. The molecule has 10 heavy (non-hydrogen) atoms. The van der Waals surface area contributed by atoms with Gasteiger partial charge in [0.15, 0.2) is 0 Å². The summed E-state index contributed by atoms with van der Waals surface area (Å²) in [5, 5.41) is 9.07. The number of phenolic OH excluding ortho intramolecular Hbond substituents is 1. The Morgan fingerprint density at radius 2 is 2.20 bits per heavy atom. The Morgan fingerprint density at radius 1 is 1.50 bits per heavy atom. The number of rotatable bonds is 1. The number of benzene rings is 1. The van der Waals surface area contributed by atoms with E-state index in [2.05, 4.69) is 6.92 Å². The summed E-state index contributed by atoms with van der Waals surface area (Å²) in [4.78, 5) is 0. The normalized spacial score (nSPS) is 13.0. The van der Waals surface area contributed by atoms with Crippen LogP contribution in [0.2, 0.25) is 0 Å². The van der Waals surface area contributed by atoms with Crippen molar-refractivity contribution < 1.29 is 5.11 Å². The zero-order valence-electron chi connectivity index (χ0n) is 5.91. The summed E-state index contributed by atoms with van der Waals surface area (Å²) in [5.74, 6) is 0.363. The molecule has 0 spiro atoms. The summed E-state index contributed by atoms with van der Waals surface area (Å²) in [6, 6.07) is 7.41. The summed E-state index contributed by atoms with van der Waals surface area (Å²) in [5.41, 5.74) is 1.21. The van der Waals surface area contributed by atoms with Gasteiger partial charge in [0, 0.05) is 0 Å². The van der Waals surface area contributed by atoms with Gasteiger partial charge >= 0.3 is 69.2 Å². The third-order valence-electron chi connectivity index (χ3n) is 1.40. The van der Waals surface area contributed by atoms with Gasteiger partial charge in [0.25, 0.3) is 0 Å². The van der Waals surface area contributed by atoms with E-state index in [0.717, 1.165) is 0 Å². The van der Waals surface area contributed by atoms with Crippen molar-refractivity contribution >= 4 is 16.9 Å². The molecular formula is C8H11AsO. The van der Waals surface area contributed by atoms with Gasteiger partial charge in [-0.25, -0.2) is 0 Å². The zero-order chi connectivity index (χ0) is 7.56. The predicted octanol–water partition coefficient (Wildman–Crippen LogP) is 1.09. The van der Waals surface area contributed by atoms with E-state index in [9.17, 15) is 0 Å². The molecule has 1 aromatic rings. The van der Waals surface area contributed by atoms with Gasteiger partial charge < -0.3 is 0 Å². The van der Waals surface area contributed by atoms with Crippen molar-refractivity contribution in [3.8, 4) is 5.75 Å². The summed E-state index contributed by atoms with van der Waals surface area (Å²) in [7, 11) is 0. The average Bonchev–Trinajstić information content (AvgIpc) is 1.88. The van der Waals surface area contributed by atoms with Crippen molar-refractivity contribution in [1.29, 1.82) is 0 Å². The Morgan fingerprint density at radius 3 is 2.60 bits per heavy atom. The molecule has 54 valence electrons. The van der Waals surface area contributed by atoms with E-state index in [1.165, 1.54) is 5.56 Å². The van der Waals surface area contributed by atoms with Crippen LogP contribution in [0.25, 0.3) is 0 Å². The van der Waals surface area contributed by atoms with Crippen molar-refractivity contribution in [3.63, 3.8) is 0 Å². The SMILES string of the molecule is C[C@H]([AsH2])c1cccc(O)c1. The van der Waals surface area contributed by atoms with E-state index in [1.54, 1.807) is 22.9 Å². The molecule has 0 aliphatic carbocycles. The van der Waals surface area contributed by atoms with Gasteiger partial charge in [-0.3, -0.25) is 0 Å². The van der Waals surface area contributed by atoms with Crippen LogP contribution >= 0.6 is 0 Å². The third-order valence-corrected chi connectivity index (χ3v) is 2.20. The van der Waals surface area contributed by atoms with E-state index in [1.807, 2.05) is 18.2 Å². The molecule has 1 rings (SSSR count). The van der Waals surface area contributed by atoms with Gasteiger partial charge in [-0.2, -0.15) is 0 Å². The van der Waals surface area contributed by atoms with E-state index < -0.39 is 0 Å². The van der Waals surface area contributed by atoms with Crippen LogP contribution in [0, 0.1) is 0 Å². The molecule has 0 heterocycles. The maximum atomic E-state index is 9.07. The summed E-state index contributed by atoms with van der Waals surface area (Å²) in [6.45, 7) is 2.13. The van der Waals surface area contributed by atoms with Crippen molar-refractivity contribution in [2.45, 2.75) is 11.6 Å². The molecule has 0 aliphatic heterocycles. The predicted molar refractivity (Wildman–Crippen MR) is 45.1 cm³/mol. The molecule has 0 amide bonds. The number of aromatic hydroxyl groups is 1. The van der Waals surface area contributed by atoms with Crippen LogP contribution in [0.3, 0.4) is 0 Å². The fraction of sp³-hybridized carbons (Fsp3) is 0.250. The second-order valence-electron chi connectivity index (χ2n) is 2.38. The standard InChI is InChI=1S/C8H11AsO/c1-6(9)7-3-2-4-8(10)5-7/h2-6,10H,9H2,1H3/t6-/m0/s1. The molecule has 0 radical (unpaired) electrons. The first-order valence-corrected chi connectivity index (χ1v) is 4.64. The number of hydrogen-bond acceptors (Lipinski definition) is 1. The first kappa shape index (κ1) is 7.68. The fourth-order valence-corrected chi connectivity index (χ4v) is 1.24. The third kappa shape index (κ3) is 1.78. The van der Waals surface area contributed by atoms with Crippen molar-refractivity contribution in [1.82, 2.24) is 0 Å². The maximum absolute atomic E-state index is 9.07. The molecule has 1 N–H and O–H groups in total. The fourth-order valence-electron chi connectivity index (χ4n) is 0.808. The van der Waals surface area contributed by atoms with E-state index >= 15 is 0 Å². The van der Waals surface area contributed by atoms with Gasteiger partial charge in [-0.1, -0.05) is 0 Å². The monoisotopic (exact) mass is 198 g/mol. The van der Waals surface area contributed by atoms with Gasteiger partial charge in [0.05, 0.1) is 0 Å². The number of hydrogen-bond donors (Lipinski definition) is 1. The minimum absolute atomic E-state index is 0.363. The minimum atomic E-state index is 0.363. The number of phenols is 1. The molecule has 0 aromatic heterocycles. The van der Waals surface area contributed by atoms with Gasteiger partial charge in [0.2, 0.25) is 0 Å². The van der Waals surface area contributed by atoms with Gasteiger partial charge in [0.1, 0.15) is 0 Å². The molecule has 1 nitrogen and oxygen atoms in total. The molecule has 0 saturated carbocycles. The van der Waals surface area contributed by atoms with Crippen molar-refractivity contribution in [3.05, 3.63) is 29.8 Å². The van der Waals surface area contributed by atoms with Crippen LogP contribution < -0.4 is 0 Å². The molecule has 0 aliphatic rings. The van der Waals surface area contributed by atoms with Crippen LogP contribution in [0.5, 0.6) is 5.75 Å². The Balaban J connectivity index is 2.96. The Labute approximate surface area is 69.6 Å². The molecule has 2 atom stereocenters. The second kappa shape index (κ2) is 3.11. The van der Waals surface area contributed by atoms with E-state index in [4.69, 9.17) is 5.11 Å². The first-order valence-electron chi connectivity index (χ1n) is 3.24. The van der Waals surface area contributed by atoms with Crippen molar-refractivity contribution in [2.24, 2.45) is 0 Å². The van der Waals surface area contributed by atoms with Crippen LogP contribution in [0.4, 0.5) is 0 Å². The van der Waals surface area contributed by atoms with Gasteiger partial charge in [-0.05, 0) is 0 Å². The molecule has 2 heteroatoms. The zero-order valence-corrected chi connectivity index (χ0v) is 8.33. The Kier molecular flexibility index (Phi) is 2.39. The molecule has 1 aromatic carbocycles. The average molecular weight is 198 g/mol. The van der Waals surface area contributed by atoms with Crippen LogP contribution in [0.1, 0.15) is 17.2 Å². The molecular weight excluding hydrogens is 187 g/mol. The van der Waals surface area contributed by atoms with Gasteiger partial charge in [-0.15, -0.1) is 0 Å². The van der Waals surface area contributed by atoms with Crippen LogP contribution in [-0.2, 0) is 0 Å². The quantitative estimate of drug-likeness (QED) is 0.669.